The minimum absolute atomic E-state index is 0.196. The number of hydrogen-bond acceptors (Lipinski definition) is 5. The van der Waals surface area contributed by atoms with Crippen LogP contribution in [0, 0.1) is 5.92 Å². The molecule has 2 N–H and O–H groups in total. The second kappa shape index (κ2) is 7.02. The first-order chi connectivity index (χ1) is 12.7. The summed E-state index contributed by atoms with van der Waals surface area (Å²) in [4.78, 5) is 50.0. The summed E-state index contributed by atoms with van der Waals surface area (Å²) in [5, 5.41) is 4.98. The predicted molar refractivity (Wildman–Crippen MR) is 97.4 cm³/mol. The molecule has 8 nitrogen and oxygen atoms in total. The van der Waals surface area contributed by atoms with Crippen molar-refractivity contribution in [3.8, 4) is 0 Å². The van der Waals surface area contributed by atoms with Gasteiger partial charge in [-0.3, -0.25) is 19.7 Å². The standard InChI is InChI=1S/C19H23N3O5/c1-19(2,3)27-18(26)22-9-7-11(8-10-22)15(23)20-13-6-4-5-12-14(13)17(25)21-16(12)24/h4-6,11H,7-10H2,1-3H3,(H,20,23)(H,21,24,25). The Kier molecular flexibility index (Phi) is 4.91. The summed E-state index contributed by atoms with van der Waals surface area (Å²) < 4.78 is 5.35. The molecule has 0 aliphatic carbocycles. The Bertz CT molecular complexity index is 804. The van der Waals surface area contributed by atoms with Crippen LogP contribution in [0.1, 0.15) is 54.3 Å². The van der Waals surface area contributed by atoms with Gasteiger partial charge in [0.25, 0.3) is 11.8 Å². The minimum atomic E-state index is -0.559. The number of carbonyl (C=O) groups is 4. The number of likely N-dealkylation sites (tertiary alicyclic amines) is 1. The molecule has 1 aromatic carbocycles. The van der Waals surface area contributed by atoms with Crippen LogP contribution in [0.25, 0.3) is 0 Å². The van der Waals surface area contributed by atoms with E-state index in [2.05, 4.69) is 10.6 Å². The van der Waals surface area contributed by atoms with E-state index >= 15 is 0 Å². The van der Waals surface area contributed by atoms with Crippen molar-refractivity contribution < 1.29 is 23.9 Å². The molecule has 2 heterocycles. The Labute approximate surface area is 157 Å². The number of rotatable bonds is 2. The summed E-state index contributed by atoms with van der Waals surface area (Å²) in [6.45, 7) is 6.29. The minimum Gasteiger partial charge on any atom is -0.444 e. The van der Waals surface area contributed by atoms with Crippen molar-refractivity contribution in [2.24, 2.45) is 5.92 Å². The first-order valence-corrected chi connectivity index (χ1v) is 8.93. The van der Waals surface area contributed by atoms with Crippen molar-refractivity contribution in [2.45, 2.75) is 39.2 Å². The highest BCUT2D eigenvalue weighted by Gasteiger charge is 2.33. The molecule has 2 aliphatic rings. The Morgan fingerprint density at radius 1 is 1.15 bits per heavy atom. The number of carbonyl (C=O) groups excluding carboxylic acids is 4. The van der Waals surface area contributed by atoms with Gasteiger partial charge in [0, 0.05) is 19.0 Å². The molecule has 8 heteroatoms. The molecule has 0 aromatic heterocycles. The van der Waals surface area contributed by atoms with E-state index < -0.39 is 17.4 Å². The first-order valence-electron chi connectivity index (χ1n) is 8.93. The smallest absolute Gasteiger partial charge is 0.410 e. The number of nitrogens with zero attached hydrogens (tertiary/aromatic N) is 1. The zero-order valence-corrected chi connectivity index (χ0v) is 15.6. The third-order valence-electron chi connectivity index (χ3n) is 4.54. The van der Waals surface area contributed by atoms with Gasteiger partial charge in [0.15, 0.2) is 0 Å². The van der Waals surface area contributed by atoms with E-state index in [1.807, 2.05) is 20.8 Å². The number of fused-ring (bicyclic) bond motifs is 1. The molecular weight excluding hydrogens is 350 g/mol. The number of piperidine rings is 1. The lowest BCUT2D eigenvalue weighted by atomic mass is 9.95. The van der Waals surface area contributed by atoms with Gasteiger partial charge in [-0.25, -0.2) is 4.79 Å². The highest BCUT2D eigenvalue weighted by molar-refractivity contribution is 6.24. The van der Waals surface area contributed by atoms with E-state index in [0.717, 1.165) is 0 Å². The Morgan fingerprint density at radius 3 is 2.44 bits per heavy atom. The van der Waals surface area contributed by atoms with Gasteiger partial charge in [0.05, 0.1) is 16.8 Å². The summed E-state index contributed by atoms with van der Waals surface area (Å²) in [6, 6.07) is 4.77. The summed E-state index contributed by atoms with van der Waals surface area (Å²) in [6.07, 6.45) is 0.633. The molecular formula is C19H23N3O5. The topological polar surface area (TPSA) is 105 Å². The lowest BCUT2D eigenvalue weighted by molar-refractivity contribution is -0.121. The fraction of sp³-hybridized carbons (Fsp3) is 0.474. The summed E-state index contributed by atoms with van der Waals surface area (Å²) in [5.74, 6) is -1.47. The Hall–Kier alpha value is -2.90. The summed E-state index contributed by atoms with van der Waals surface area (Å²) in [7, 11) is 0. The number of imide groups is 1. The molecule has 0 unspecified atom stereocenters. The van der Waals surface area contributed by atoms with Gasteiger partial charge in [-0.2, -0.15) is 0 Å². The third kappa shape index (κ3) is 4.10. The van der Waals surface area contributed by atoms with Crippen LogP contribution in [0.15, 0.2) is 18.2 Å². The highest BCUT2D eigenvalue weighted by atomic mass is 16.6. The number of nitrogens with one attached hydrogen (secondary N) is 2. The van der Waals surface area contributed by atoms with Crippen molar-refractivity contribution in [3.05, 3.63) is 29.3 Å². The van der Waals surface area contributed by atoms with Gasteiger partial charge >= 0.3 is 6.09 Å². The van der Waals surface area contributed by atoms with Gasteiger partial charge in [-0.05, 0) is 45.7 Å². The van der Waals surface area contributed by atoms with Gasteiger partial charge in [-0.15, -0.1) is 0 Å². The molecule has 3 rings (SSSR count). The SMILES string of the molecule is CC(C)(C)OC(=O)N1CCC(C(=O)Nc2cccc3c2C(=O)NC3=O)CC1. The quantitative estimate of drug-likeness (QED) is 0.773. The van der Waals surface area contributed by atoms with Gasteiger partial charge in [-0.1, -0.05) is 6.07 Å². The molecule has 0 saturated carbocycles. The van der Waals surface area contributed by atoms with Crippen LogP contribution in [0.5, 0.6) is 0 Å². The maximum Gasteiger partial charge on any atom is 0.410 e. The van der Waals surface area contributed by atoms with Crippen LogP contribution in [0.2, 0.25) is 0 Å². The van der Waals surface area contributed by atoms with Crippen molar-refractivity contribution in [1.82, 2.24) is 10.2 Å². The fourth-order valence-electron chi connectivity index (χ4n) is 3.21. The maximum atomic E-state index is 12.6. The van der Waals surface area contributed by atoms with Crippen LogP contribution in [0.3, 0.4) is 0 Å². The molecule has 2 aliphatic heterocycles. The number of ether oxygens (including phenoxy) is 1. The van der Waals surface area contributed by atoms with Crippen LogP contribution < -0.4 is 10.6 Å². The van der Waals surface area contributed by atoms with Gasteiger partial charge in [0.2, 0.25) is 5.91 Å². The van der Waals surface area contributed by atoms with E-state index in [4.69, 9.17) is 4.74 Å². The molecule has 0 bridgehead atoms. The van der Waals surface area contributed by atoms with Gasteiger partial charge in [0.1, 0.15) is 5.60 Å². The Morgan fingerprint density at radius 2 is 1.81 bits per heavy atom. The fourth-order valence-corrected chi connectivity index (χ4v) is 3.21. The van der Waals surface area contributed by atoms with E-state index in [1.165, 1.54) is 0 Å². The molecule has 0 atom stereocenters. The van der Waals surface area contributed by atoms with E-state index in [-0.39, 0.29) is 29.0 Å². The Balaban J connectivity index is 1.61. The zero-order valence-electron chi connectivity index (χ0n) is 15.6. The first kappa shape index (κ1) is 18.9. The summed E-state index contributed by atoms with van der Waals surface area (Å²) >= 11 is 0. The van der Waals surface area contributed by atoms with Crippen LogP contribution in [-0.4, -0.2) is 47.4 Å². The number of hydrogen-bond donors (Lipinski definition) is 2. The molecule has 0 radical (unpaired) electrons. The predicted octanol–water partition coefficient (Wildman–Crippen LogP) is 2.16. The van der Waals surface area contributed by atoms with E-state index in [0.29, 0.717) is 31.6 Å². The second-order valence-corrected chi connectivity index (χ2v) is 7.74. The number of amides is 4. The van der Waals surface area contributed by atoms with Crippen molar-refractivity contribution >= 4 is 29.5 Å². The molecule has 1 fully saturated rings. The lowest BCUT2D eigenvalue weighted by Gasteiger charge is -2.33. The largest absolute Gasteiger partial charge is 0.444 e. The van der Waals surface area contributed by atoms with Crippen molar-refractivity contribution in [2.75, 3.05) is 18.4 Å². The lowest BCUT2D eigenvalue weighted by Crippen LogP contribution is -2.43. The third-order valence-corrected chi connectivity index (χ3v) is 4.54. The highest BCUT2D eigenvalue weighted by Crippen LogP contribution is 2.26. The van der Waals surface area contributed by atoms with Crippen molar-refractivity contribution in [3.63, 3.8) is 0 Å². The van der Waals surface area contributed by atoms with Crippen LogP contribution in [0.4, 0.5) is 10.5 Å². The molecule has 27 heavy (non-hydrogen) atoms. The molecule has 1 saturated heterocycles. The normalized spacial score (nSPS) is 17.4. The zero-order chi connectivity index (χ0) is 19.8. The monoisotopic (exact) mass is 373 g/mol. The number of benzene rings is 1. The maximum absolute atomic E-state index is 12.6. The molecule has 144 valence electrons. The molecule has 0 spiro atoms. The van der Waals surface area contributed by atoms with Crippen molar-refractivity contribution in [1.29, 1.82) is 0 Å². The average Bonchev–Trinajstić information content (AvgIpc) is 2.89. The van der Waals surface area contributed by atoms with Gasteiger partial charge < -0.3 is 15.0 Å². The van der Waals surface area contributed by atoms with E-state index in [9.17, 15) is 19.2 Å². The summed E-state index contributed by atoms with van der Waals surface area (Å²) in [5.41, 5.74) is 0.229. The van der Waals surface area contributed by atoms with Crippen LogP contribution >= 0.6 is 0 Å². The second-order valence-electron chi connectivity index (χ2n) is 7.74. The van der Waals surface area contributed by atoms with Crippen LogP contribution in [-0.2, 0) is 9.53 Å². The number of anilines is 1. The average molecular weight is 373 g/mol. The molecule has 4 amide bonds. The van der Waals surface area contributed by atoms with E-state index in [1.54, 1.807) is 23.1 Å². The molecule has 1 aromatic rings.